The van der Waals surface area contributed by atoms with E-state index in [0.717, 1.165) is 11.1 Å². The topological polar surface area (TPSA) is 55.2 Å². The number of nitrogens with zero attached hydrogens (tertiary/aromatic N) is 3. The summed E-state index contributed by atoms with van der Waals surface area (Å²) in [7, 11) is 1.83. The van der Waals surface area contributed by atoms with Crippen molar-refractivity contribution in [1.82, 2.24) is 14.7 Å². The van der Waals surface area contributed by atoms with Crippen LogP contribution in [0.3, 0.4) is 0 Å². The van der Waals surface area contributed by atoms with Crippen LogP contribution in [0.25, 0.3) is 0 Å². The first-order valence-electron chi connectivity index (χ1n) is 7.09. The molecule has 0 aliphatic carbocycles. The molecule has 3 rings (SSSR count). The predicted molar refractivity (Wildman–Crippen MR) is 82.0 cm³/mol. The fourth-order valence-corrected chi connectivity index (χ4v) is 2.93. The van der Waals surface area contributed by atoms with Crippen molar-refractivity contribution < 1.29 is 9.59 Å². The van der Waals surface area contributed by atoms with Crippen LogP contribution in [0.4, 0.5) is 0 Å². The number of hydrogen-bond donors (Lipinski definition) is 0. The van der Waals surface area contributed by atoms with Gasteiger partial charge in [0.05, 0.1) is 18.7 Å². The van der Waals surface area contributed by atoms with E-state index in [1.807, 2.05) is 31.4 Å². The van der Waals surface area contributed by atoms with Gasteiger partial charge in [0, 0.05) is 24.7 Å². The molecule has 1 aliphatic rings. The number of rotatable bonds is 4. The number of carbonyl (C=O) groups is 2. The van der Waals surface area contributed by atoms with Gasteiger partial charge >= 0.3 is 0 Å². The number of aromatic nitrogens is 2. The summed E-state index contributed by atoms with van der Waals surface area (Å²) < 4.78 is 1.69. The van der Waals surface area contributed by atoms with Crippen LogP contribution in [0.5, 0.6) is 0 Å². The smallest absolute Gasteiger partial charge is 0.233 e. The fraction of sp³-hybridized carbons (Fsp3) is 0.312. The first kappa shape index (κ1) is 14.8. The lowest BCUT2D eigenvalue weighted by molar-refractivity contribution is -0.140. The second kappa shape index (κ2) is 5.93. The molecule has 22 heavy (non-hydrogen) atoms. The maximum atomic E-state index is 12.5. The van der Waals surface area contributed by atoms with Gasteiger partial charge < -0.3 is 0 Å². The molecule has 0 saturated carbocycles. The van der Waals surface area contributed by atoms with Crippen LogP contribution in [0, 0.1) is 5.92 Å². The summed E-state index contributed by atoms with van der Waals surface area (Å²) in [5.41, 5.74) is 1.75. The average Bonchev–Trinajstić information content (AvgIpc) is 3.00. The molecule has 1 aromatic carbocycles. The zero-order valence-corrected chi connectivity index (χ0v) is 13.0. The highest BCUT2D eigenvalue weighted by molar-refractivity contribution is 6.31. The summed E-state index contributed by atoms with van der Waals surface area (Å²) in [5.74, 6) is -0.577. The first-order valence-corrected chi connectivity index (χ1v) is 7.47. The van der Waals surface area contributed by atoms with Crippen LogP contribution in [-0.2, 0) is 29.6 Å². The first-order chi connectivity index (χ1) is 10.5. The van der Waals surface area contributed by atoms with Crippen molar-refractivity contribution >= 4 is 23.4 Å². The largest absolute Gasteiger partial charge is 0.278 e. The van der Waals surface area contributed by atoms with Crippen LogP contribution in [0.2, 0.25) is 5.02 Å². The number of carbonyl (C=O) groups excluding carboxylic acids is 2. The van der Waals surface area contributed by atoms with E-state index in [9.17, 15) is 9.59 Å². The molecule has 0 N–H and O–H groups in total. The Morgan fingerprint density at radius 1 is 1.32 bits per heavy atom. The molecule has 5 nitrogen and oxygen atoms in total. The second-order valence-corrected chi connectivity index (χ2v) is 5.94. The number of imide groups is 1. The Kier molecular flexibility index (Phi) is 3.98. The number of likely N-dealkylation sites (tertiary alicyclic amines) is 1. The van der Waals surface area contributed by atoms with Gasteiger partial charge in [-0.3, -0.25) is 19.2 Å². The molecule has 0 unspecified atom stereocenters. The van der Waals surface area contributed by atoms with Crippen molar-refractivity contribution in [3.05, 3.63) is 52.8 Å². The van der Waals surface area contributed by atoms with Crippen LogP contribution in [-0.4, -0.2) is 26.5 Å². The molecule has 0 bridgehead atoms. The van der Waals surface area contributed by atoms with E-state index in [0.29, 0.717) is 11.4 Å². The third-order valence-electron chi connectivity index (χ3n) is 3.86. The number of aryl methyl sites for hydroxylation is 1. The van der Waals surface area contributed by atoms with E-state index >= 15 is 0 Å². The van der Waals surface area contributed by atoms with Gasteiger partial charge in [0.2, 0.25) is 11.8 Å². The lowest BCUT2D eigenvalue weighted by atomic mass is 10.0. The highest BCUT2D eigenvalue weighted by atomic mass is 35.5. The SMILES string of the molecule is Cn1cc(C[C@@H]2CC(=O)N(Cc3ccccc3Cl)C2=O)cn1. The monoisotopic (exact) mass is 317 g/mol. The molecule has 0 radical (unpaired) electrons. The summed E-state index contributed by atoms with van der Waals surface area (Å²) in [4.78, 5) is 25.9. The zero-order chi connectivity index (χ0) is 15.7. The molecule has 0 spiro atoms. The van der Waals surface area contributed by atoms with E-state index in [1.165, 1.54) is 4.90 Å². The Morgan fingerprint density at radius 3 is 2.77 bits per heavy atom. The third kappa shape index (κ3) is 2.90. The Balaban J connectivity index is 1.73. The summed E-state index contributed by atoms with van der Waals surface area (Å²) in [6, 6.07) is 7.26. The van der Waals surface area contributed by atoms with Gasteiger partial charge in [0.25, 0.3) is 0 Å². The van der Waals surface area contributed by atoms with Gasteiger partial charge in [0.1, 0.15) is 0 Å². The zero-order valence-electron chi connectivity index (χ0n) is 12.2. The van der Waals surface area contributed by atoms with Gasteiger partial charge in [-0.15, -0.1) is 0 Å². The molecule has 6 heteroatoms. The van der Waals surface area contributed by atoms with Crippen LogP contribution in [0.1, 0.15) is 17.5 Å². The van der Waals surface area contributed by atoms with Crippen LogP contribution < -0.4 is 0 Å². The lowest BCUT2D eigenvalue weighted by Gasteiger charge is -2.15. The third-order valence-corrected chi connectivity index (χ3v) is 4.23. The number of benzene rings is 1. The fourth-order valence-electron chi connectivity index (χ4n) is 2.74. The van der Waals surface area contributed by atoms with E-state index < -0.39 is 0 Å². The van der Waals surface area contributed by atoms with Gasteiger partial charge in [0.15, 0.2) is 0 Å². The maximum absolute atomic E-state index is 12.5. The molecular weight excluding hydrogens is 302 g/mol. The summed E-state index contributed by atoms with van der Waals surface area (Å²) in [6.45, 7) is 0.237. The van der Waals surface area contributed by atoms with Gasteiger partial charge in [-0.05, 0) is 23.6 Å². The average molecular weight is 318 g/mol. The van der Waals surface area contributed by atoms with E-state index in [1.54, 1.807) is 16.9 Å². The molecule has 1 saturated heterocycles. The molecule has 1 aromatic heterocycles. The highest BCUT2D eigenvalue weighted by Gasteiger charge is 2.38. The Hall–Kier alpha value is -2.14. The van der Waals surface area contributed by atoms with Crippen molar-refractivity contribution in [3.8, 4) is 0 Å². The normalized spacial score (nSPS) is 18.3. The van der Waals surface area contributed by atoms with E-state index in [2.05, 4.69) is 5.10 Å². The molecule has 1 aliphatic heterocycles. The van der Waals surface area contributed by atoms with E-state index in [-0.39, 0.29) is 30.7 Å². The van der Waals surface area contributed by atoms with Crippen molar-refractivity contribution in [3.63, 3.8) is 0 Å². The Labute approximate surface area is 133 Å². The minimum absolute atomic E-state index is 0.131. The molecule has 2 aromatic rings. The summed E-state index contributed by atoms with van der Waals surface area (Å²) in [6.07, 6.45) is 4.39. The van der Waals surface area contributed by atoms with Crippen LogP contribution >= 0.6 is 11.6 Å². The van der Waals surface area contributed by atoms with Gasteiger partial charge in [-0.1, -0.05) is 29.8 Å². The number of hydrogen-bond acceptors (Lipinski definition) is 3. The minimum atomic E-state index is -0.306. The molecule has 2 amide bonds. The molecule has 114 valence electrons. The second-order valence-electron chi connectivity index (χ2n) is 5.54. The summed E-state index contributed by atoms with van der Waals surface area (Å²) >= 11 is 6.11. The Morgan fingerprint density at radius 2 is 2.09 bits per heavy atom. The highest BCUT2D eigenvalue weighted by Crippen LogP contribution is 2.26. The maximum Gasteiger partial charge on any atom is 0.233 e. The Bertz CT molecular complexity index is 726. The lowest BCUT2D eigenvalue weighted by Crippen LogP contribution is -2.30. The molecule has 1 atom stereocenters. The van der Waals surface area contributed by atoms with Crippen molar-refractivity contribution in [1.29, 1.82) is 0 Å². The van der Waals surface area contributed by atoms with E-state index in [4.69, 9.17) is 11.6 Å². The quantitative estimate of drug-likeness (QED) is 0.812. The van der Waals surface area contributed by atoms with Crippen molar-refractivity contribution in [2.75, 3.05) is 0 Å². The minimum Gasteiger partial charge on any atom is -0.278 e. The van der Waals surface area contributed by atoms with Crippen LogP contribution in [0.15, 0.2) is 36.7 Å². The number of halogens is 1. The van der Waals surface area contributed by atoms with Gasteiger partial charge in [-0.25, -0.2) is 0 Å². The van der Waals surface area contributed by atoms with Crippen molar-refractivity contribution in [2.24, 2.45) is 13.0 Å². The predicted octanol–water partition coefficient (Wildman–Crippen LogP) is 2.19. The summed E-state index contributed by atoms with van der Waals surface area (Å²) in [5, 5.41) is 4.66. The number of amides is 2. The van der Waals surface area contributed by atoms with Gasteiger partial charge in [-0.2, -0.15) is 5.10 Å². The van der Waals surface area contributed by atoms with Crippen molar-refractivity contribution in [2.45, 2.75) is 19.4 Å². The molecule has 2 heterocycles. The standard InChI is InChI=1S/C16H16ClN3O2/c1-19-9-11(8-18-19)6-13-7-15(21)20(16(13)22)10-12-4-2-3-5-14(12)17/h2-5,8-9,13H,6-7,10H2,1H3/t13-/m1/s1. The molecule has 1 fully saturated rings. The molecular formula is C16H16ClN3O2.